The van der Waals surface area contributed by atoms with E-state index in [0.717, 1.165) is 11.1 Å². The molecule has 0 radical (unpaired) electrons. The number of amides is 2. The standard InChI is InChI=1S/C37H38N2O8/c1-23-28(12-18-32(34(23)24(2)42)36(44)39(47)30-15-9-26(10-16-30)6-4-20-41)21-27-11-17-31(33(22-27)37(45)46)35(43)38-29-13-7-25(8-14-29)5-3-19-40/h7-18,22,40-41,47H,3-6,19-21H2,1-2H3,(H,38,43)(H,45,46). The van der Waals surface area contributed by atoms with E-state index in [4.69, 9.17) is 10.2 Å². The maximum Gasteiger partial charge on any atom is 0.336 e. The summed E-state index contributed by atoms with van der Waals surface area (Å²) in [5, 5.41) is 41.9. The highest BCUT2D eigenvalue weighted by molar-refractivity contribution is 6.13. The molecule has 0 atom stereocenters. The van der Waals surface area contributed by atoms with Crippen LogP contribution in [0.2, 0.25) is 0 Å². The quantitative estimate of drug-likeness (QED) is 0.0674. The molecule has 0 spiro atoms. The number of aromatic carboxylic acids is 1. The molecular formula is C37H38N2O8. The number of carbonyl (C=O) groups is 4. The zero-order valence-corrected chi connectivity index (χ0v) is 26.3. The molecule has 0 saturated carbocycles. The fourth-order valence-electron chi connectivity index (χ4n) is 5.43. The van der Waals surface area contributed by atoms with Crippen molar-refractivity contribution in [2.75, 3.05) is 23.6 Å². The second kappa shape index (κ2) is 15.9. The maximum atomic E-state index is 13.3. The van der Waals surface area contributed by atoms with Gasteiger partial charge in [-0.25, -0.2) is 4.79 Å². The Balaban J connectivity index is 1.55. The number of rotatable bonds is 14. The molecule has 0 heterocycles. The van der Waals surface area contributed by atoms with Gasteiger partial charge in [-0.3, -0.25) is 19.6 Å². The number of nitrogens with zero attached hydrogens (tertiary/aromatic N) is 1. The maximum absolute atomic E-state index is 13.3. The molecule has 0 unspecified atom stereocenters. The van der Waals surface area contributed by atoms with Crippen LogP contribution in [-0.2, 0) is 19.3 Å². The lowest BCUT2D eigenvalue weighted by Crippen LogP contribution is -2.29. The number of hydrogen-bond donors (Lipinski definition) is 5. The number of hydrogen-bond acceptors (Lipinski definition) is 7. The normalized spacial score (nSPS) is 10.8. The Morgan fingerprint density at radius 3 is 1.83 bits per heavy atom. The van der Waals surface area contributed by atoms with E-state index in [1.165, 1.54) is 25.1 Å². The van der Waals surface area contributed by atoms with Crippen LogP contribution >= 0.6 is 0 Å². The minimum atomic E-state index is -1.28. The number of anilines is 2. The number of hydroxylamine groups is 1. The lowest BCUT2D eigenvalue weighted by atomic mass is 9.90. The third-order valence-electron chi connectivity index (χ3n) is 7.95. The van der Waals surface area contributed by atoms with E-state index in [2.05, 4.69) is 5.32 Å². The van der Waals surface area contributed by atoms with Crippen molar-refractivity contribution in [2.24, 2.45) is 0 Å². The van der Waals surface area contributed by atoms with Crippen LogP contribution in [-0.4, -0.2) is 57.3 Å². The third kappa shape index (κ3) is 8.56. The molecule has 0 aliphatic heterocycles. The number of aliphatic hydroxyl groups excluding tert-OH is 2. The van der Waals surface area contributed by atoms with Crippen molar-refractivity contribution in [1.29, 1.82) is 0 Å². The molecule has 0 aromatic heterocycles. The number of benzene rings is 4. The molecule has 0 aliphatic rings. The summed E-state index contributed by atoms with van der Waals surface area (Å²) in [5.41, 5.74) is 4.38. The summed E-state index contributed by atoms with van der Waals surface area (Å²) in [6.07, 6.45) is 2.78. The first-order chi connectivity index (χ1) is 22.5. The topological polar surface area (TPSA) is 164 Å². The van der Waals surface area contributed by atoms with Crippen LogP contribution in [0.3, 0.4) is 0 Å². The molecule has 10 heteroatoms. The van der Waals surface area contributed by atoms with E-state index in [9.17, 15) is 29.5 Å². The summed E-state index contributed by atoms with van der Waals surface area (Å²) in [7, 11) is 0. The van der Waals surface area contributed by atoms with Crippen molar-refractivity contribution >= 4 is 34.9 Å². The summed E-state index contributed by atoms with van der Waals surface area (Å²) in [4.78, 5) is 51.3. The number of ketones is 1. The smallest absolute Gasteiger partial charge is 0.336 e. The van der Waals surface area contributed by atoms with Gasteiger partial charge in [0.25, 0.3) is 11.8 Å². The largest absolute Gasteiger partial charge is 0.478 e. The second-order valence-electron chi connectivity index (χ2n) is 11.3. The molecule has 0 fully saturated rings. The number of carboxylic acids is 1. The van der Waals surface area contributed by atoms with E-state index >= 15 is 0 Å². The van der Waals surface area contributed by atoms with Gasteiger partial charge in [-0.2, -0.15) is 5.06 Å². The first-order valence-electron chi connectivity index (χ1n) is 15.3. The number of carbonyl (C=O) groups excluding carboxylic acids is 3. The van der Waals surface area contributed by atoms with Crippen LogP contribution in [0.15, 0.2) is 78.9 Å². The van der Waals surface area contributed by atoms with Crippen molar-refractivity contribution in [3.63, 3.8) is 0 Å². The Morgan fingerprint density at radius 2 is 1.28 bits per heavy atom. The molecule has 0 bridgehead atoms. The van der Waals surface area contributed by atoms with Crippen molar-refractivity contribution < 1.29 is 39.7 Å². The van der Waals surface area contributed by atoms with Gasteiger partial charge in [-0.05, 0) is 116 Å². The Morgan fingerprint density at radius 1 is 0.723 bits per heavy atom. The zero-order chi connectivity index (χ0) is 34.1. The third-order valence-corrected chi connectivity index (χ3v) is 7.95. The first-order valence-corrected chi connectivity index (χ1v) is 15.3. The molecule has 5 N–H and O–H groups in total. The van der Waals surface area contributed by atoms with Crippen LogP contribution in [0.1, 0.15) is 89.0 Å². The highest BCUT2D eigenvalue weighted by atomic mass is 16.5. The van der Waals surface area contributed by atoms with Crippen molar-refractivity contribution in [3.05, 3.63) is 129 Å². The van der Waals surface area contributed by atoms with Gasteiger partial charge in [0, 0.05) is 24.5 Å². The molecule has 4 rings (SSSR count). The predicted octanol–water partition coefficient (Wildman–Crippen LogP) is 5.62. The number of nitrogens with one attached hydrogen (secondary N) is 1. The highest BCUT2D eigenvalue weighted by Gasteiger charge is 2.24. The molecule has 4 aromatic carbocycles. The fraction of sp³-hybridized carbons (Fsp3) is 0.243. The Labute approximate surface area is 272 Å². The van der Waals surface area contributed by atoms with Gasteiger partial charge in [0.05, 0.1) is 22.4 Å². The van der Waals surface area contributed by atoms with Crippen LogP contribution < -0.4 is 10.4 Å². The summed E-state index contributed by atoms with van der Waals surface area (Å²) >= 11 is 0. The monoisotopic (exact) mass is 638 g/mol. The molecule has 2 amide bonds. The van der Waals surface area contributed by atoms with Gasteiger partial charge in [0.2, 0.25) is 0 Å². The number of carboxylic acid groups (broad SMARTS) is 1. The van der Waals surface area contributed by atoms with Crippen LogP contribution in [0.4, 0.5) is 11.4 Å². The lowest BCUT2D eigenvalue weighted by molar-refractivity contribution is 0.0692. The second-order valence-corrected chi connectivity index (χ2v) is 11.3. The fourth-order valence-corrected chi connectivity index (χ4v) is 5.43. The Bertz CT molecular complexity index is 1760. The Hall–Kier alpha value is -5.16. The Kier molecular flexibility index (Phi) is 11.7. The van der Waals surface area contributed by atoms with E-state index in [1.807, 2.05) is 12.1 Å². The highest BCUT2D eigenvalue weighted by Crippen LogP contribution is 2.26. The van der Waals surface area contributed by atoms with Crippen molar-refractivity contribution in [2.45, 2.75) is 46.0 Å². The minimum Gasteiger partial charge on any atom is -0.478 e. The predicted molar refractivity (Wildman–Crippen MR) is 178 cm³/mol. The molecule has 244 valence electrons. The van der Waals surface area contributed by atoms with Gasteiger partial charge in [0.1, 0.15) is 0 Å². The minimum absolute atomic E-state index is 0.0165. The van der Waals surface area contributed by atoms with Crippen LogP contribution in [0.25, 0.3) is 0 Å². The van der Waals surface area contributed by atoms with Crippen molar-refractivity contribution in [3.8, 4) is 0 Å². The van der Waals surface area contributed by atoms with Gasteiger partial charge in [0.15, 0.2) is 5.78 Å². The van der Waals surface area contributed by atoms with E-state index in [0.29, 0.717) is 53.1 Å². The van der Waals surface area contributed by atoms with Gasteiger partial charge in [-0.15, -0.1) is 0 Å². The summed E-state index contributed by atoms with van der Waals surface area (Å²) in [6, 6.07) is 21.4. The van der Waals surface area contributed by atoms with Gasteiger partial charge < -0.3 is 20.6 Å². The summed E-state index contributed by atoms with van der Waals surface area (Å²) in [5.74, 6) is -3.01. The molecule has 0 saturated heterocycles. The number of aliphatic hydroxyl groups is 2. The first kappa shape index (κ1) is 34.7. The zero-order valence-electron chi connectivity index (χ0n) is 26.3. The number of Topliss-reactive ketones (excluding diaryl/α,β-unsaturated/α-hetero) is 1. The molecular weight excluding hydrogens is 600 g/mol. The average molecular weight is 639 g/mol. The number of aryl methyl sites for hydroxylation is 2. The van der Waals surface area contributed by atoms with Crippen molar-refractivity contribution in [1.82, 2.24) is 0 Å². The van der Waals surface area contributed by atoms with Crippen LogP contribution in [0.5, 0.6) is 0 Å². The van der Waals surface area contributed by atoms with Gasteiger partial charge in [-0.1, -0.05) is 36.4 Å². The van der Waals surface area contributed by atoms with Crippen LogP contribution in [0, 0.1) is 6.92 Å². The van der Waals surface area contributed by atoms with Gasteiger partial charge >= 0.3 is 5.97 Å². The summed E-state index contributed by atoms with van der Waals surface area (Å²) in [6.45, 7) is 3.16. The molecule has 47 heavy (non-hydrogen) atoms. The van der Waals surface area contributed by atoms with E-state index < -0.39 is 17.8 Å². The molecule has 10 nitrogen and oxygen atoms in total. The van der Waals surface area contributed by atoms with E-state index in [1.54, 1.807) is 55.5 Å². The lowest BCUT2D eigenvalue weighted by Gasteiger charge is -2.19. The molecule has 0 aliphatic carbocycles. The molecule has 4 aromatic rings. The average Bonchev–Trinajstić information content (AvgIpc) is 3.07. The summed E-state index contributed by atoms with van der Waals surface area (Å²) < 4.78 is 0. The van der Waals surface area contributed by atoms with E-state index in [-0.39, 0.29) is 53.4 Å². The SMILES string of the molecule is CC(=O)c1c(C(=O)N(O)c2ccc(CCCO)cc2)ccc(Cc2ccc(C(=O)Nc3ccc(CCCO)cc3)c(C(=O)O)c2)c1C.